The molecule has 0 aliphatic rings. The summed E-state index contributed by atoms with van der Waals surface area (Å²) in [5.41, 5.74) is 2.56. The number of aryl methyl sites for hydroxylation is 2. The monoisotopic (exact) mass is 258 g/mol. The van der Waals surface area contributed by atoms with Crippen molar-refractivity contribution in [2.75, 3.05) is 0 Å². The minimum Gasteiger partial charge on any atom is -0.319 e. The fourth-order valence-corrected chi connectivity index (χ4v) is 2.09. The Morgan fingerprint density at radius 2 is 2.00 bits per heavy atom. The number of hydrogen-bond acceptors (Lipinski definition) is 2. The second-order valence-electron chi connectivity index (χ2n) is 4.11. The third-order valence-electron chi connectivity index (χ3n) is 2.78. The van der Waals surface area contributed by atoms with E-state index in [9.17, 15) is 4.79 Å². The number of nitriles is 1. The lowest BCUT2D eigenvalue weighted by Crippen LogP contribution is -2.12. The summed E-state index contributed by atoms with van der Waals surface area (Å²) in [6, 6.07) is 8.87. The van der Waals surface area contributed by atoms with Gasteiger partial charge >= 0.3 is 0 Å². The molecule has 3 nitrogen and oxygen atoms in total. The van der Waals surface area contributed by atoms with Gasteiger partial charge in [-0.3, -0.25) is 4.79 Å². The van der Waals surface area contributed by atoms with Gasteiger partial charge in [0.25, 0.3) is 0 Å². The Morgan fingerprint density at radius 1 is 1.28 bits per heavy atom. The van der Waals surface area contributed by atoms with Crippen molar-refractivity contribution in [2.45, 2.75) is 13.8 Å². The number of hydrogen-bond donors (Lipinski definition) is 0. The highest BCUT2D eigenvalue weighted by Gasteiger charge is 2.07. The van der Waals surface area contributed by atoms with E-state index in [-0.39, 0.29) is 11.0 Å². The van der Waals surface area contributed by atoms with Gasteiger partial charge in [-0.05, 0) is 37.6 Å². The van der Waals surface area contributed by atoms with Crippen LogP contribution in [0.2, 0.25) is 5.02 Å². The average molecular weight is 259 g/mol. The Bertz CT molecular complexity index is 711. The molecule has 2 aromatic rings. The smallest absolute Gasteiger partial charge is 0.199 e. The largest absolute Gasteiger partial charge is 0.319 e. The van der Waals surface area contributed by atoms with Crippen molar-refractivity contribution in [3.8, 4) is 11.8 Å². The molecule has 1 aromatic heterocycles. The molecular formula is C14H11ClN2O. The molecule has 0 amide bonds. The van der Waals surface area contributed by atoms with Gasteiger partial charge in [0.1, 0.15) is 11.6 Å². The Balaban J connectivity index is 2.72. The van der Waals surface area contributed by atoms with Crippen LogP contribution in [0.1, 0.15) is 16.8 Å². The van der Waals surface area contributed by atoms with E-state index in [1.54, 1.807) is 12.3 Å². The molecule has 0 radical (unpaired) electrons. The third-order valence-corrected chi connectivity index (χ3v) is 3.02. The van der Waals surface area contributed by atoms with Gasteiger partial charge < -0.3 is 4.57 Å². The van der Waals surface area contributed by atoms with Gasteiger partial charge in [-0.1, -0.05) is 11.6 Å². The van der Waals surface area contributed by atoms with Gasteiger partial charge in [0.15, 0.2) is 5.43 Å². The van der Waals surface area contributed by atoms with Crippen molar-refractivity contribution in [1.29, 1.82) is 5.26 Å². The van der Waals surface area contributed by atoms with Crippen molar-refractivity contribution in [3.63, 3.8) is 0 Å². The molecule has 90 valence electrons. The number of nitrogens with zero attached hydrogens (tertiary/aromatic N) is 2. The molecule has 0 saturated heterocycles. The lowest BCUT2D eigenvalue weighted by Gasteiger charge is -2.13. The Hall–Kier alpha value is -2.05. The molecule has 0 aliphatic heterocycles. The van der Waals surface area contributed by atoms with Gasteiger partial charge in [-0.25, -0.2) is 0 Å². The highest BCUT2D eigenvalue weighted by atomic mass is 35.5. The van der Waals surface area contributed by atoms with Crippen LogP contribution in [0.4, 0.5) is 0 Å². The minimum atomic E-state index is -0.252. The summed E-state index contributed by atoms with van der Waals surface area (Å²) in [7, 11) is 0. The maximum Gasteiger partial charge on any atom is 0.199 e. The van der Waals surface area contributed by atoms with Crippen molar-refractivity contribution in [1.82, 2.24) is 4.57 Å². The first-order chi connectivity index (χ1) is 8.52. The molecule has 0 aliphatic carbocycles. The maximum atomic E-state index is 11.5. The summed E-state index contributed by atoms with van der Waals surface area (Å²) < 4.78 is 1.83. The van der Waals surface area contributed by atoms with Gasteiger partial charge in [0.2, 0.25) is 0 Å². The maximum absolute atomic E-state index is 11.5. The van der Waals surface area contributed by atoms with E-state index in [2.05, 4.69) is 0 Å². The molecule has 1 heterocycles. The number of pyridine rings is 1. The highest BCUT2D eigenvalue weighted by Crippen LogP contribution is 2.20. The zero-order valence-corrected chi connectivity index (χ0v) is 10.8. The fourth-order valence-electron chi connectivity index (χ4n) is 1.86. The molecule has 18 heavy (non-hydrogen) atoms. The van der Waals surface area contributed by atoms with Crippen LogP contribution < -0.4 is 5.43 Å². The molecule has 1 aromatic carbocycles. The van der Waals surface area contributed by atoms with Crippen LogP contribution in [-0.4, -0.2) is 4.57 Å². The molecule has 0 fully saturated rings. The van der Waals surface area contributed by atoms with E-state index in [0.717, 1.165) is 16.9 Å². The lowest BCUT2D eigenvalue weighted by molar-refractivity contribution is 0.957. The van der Waals surface area contributed by atoms with E-state index in [1.807, 2.05) is 36.6 Å². The van der Waals surface area contributed by atoms with Crippen LogP contribution in [0, 0.1) is 25.2 Å². The average Bonchev–Trinajstić information content (AvgIpc) is 2.30. The Kier molecular flexibility index (Phi) is 3.22. The SMILES string of the molecule is Cc1cc(Cl)ccc1-n1cc(C#N)c(=O)cc1C. The summed E-state index contributed by atoms with van der Waals surface area (Å²) in [6.45, 7) is 3.77. The molecule has 2 rings (SSSR count). The second-order valence-corrected chi connectivity index (χ2v) is 4.54. The zero-order valence-electron chi connectivity index (χ0n) is 10.1. The summed E-state index contributed by atoms with van der Waals surface area (Å²) in [4.78, 5) is 11.5. The van der Waals surface area contributed by atoms with Gasteiger partial charge in [0, 0.05) is 28.7 Å². The quantitative estimate of drug-likeness (QED) is 0.789. The molecule has 0 N–H and O–H groups in total. The summed E-state index contributed by atoms with van der Waals surface area (Å²) in [6.07, 6.45) is 1.56. The normalized spacial score (nSPS) is 10.1. The van der Waals surface area contributed by atoms with Gasteiger partial charge in [-0.2, -0.15) is 5.26 Å². The molecule has 0 spiro atoms. The van der Waals surface area contributed by atoms with Crippen LogP contribution in [0.25, 0.3) is 5.69 Å². The topological polar surface area (TPSA) is 45.8 Å². The molecular weight excluding hydrogens is 248 g/mol. The van der Waals surface area contributed by atoms with Crippen molar-refractivity contribution < 1.29 is 0 Å². The molecule has 0 unspecified atom stereocenters. The standard InChI is InChI=1S/C14H11ClN2O/c1-9-5-12(15)3-4-13(9)17-8-11(7-16)14(18)6-10(17)2/h3-6,8H,1-2H3. The molecule has 0 atom stereocenters. The lowest BCUT2D eigenvalue weighted by atomic mass is 10.1. The van der Waals surface area contributed by atoms with Crippen LogP contribution in [0.15, 0.2) is 35.3 Å². The first kappa shape index (κ1) is 12.4. The van der Waals surface area contributed by atoms with Gasteiger partial charge in [-0.15, -0.1) is 0 Å². The van der Waals surface area contributed by atoms with E-state index in [4.69, 9.17) is 16.9 Å². The van der Waals surface area contributed by atoms with E-state index in [1.165, 1.54) is 6.07 Å². The molecule has 0 bridgehead atoms. The number of aromatic nitrogens is 1. The highest BCUT2D eigenvalue weighted by molar-refractivity contribution is 6.30. The fraction of sp³-hybridized carbons (Fsp3) is 0.143. The van der Waals surface area contributed by atoms with Crippen molar-refractivity contribution >= 4 is 11.6 Å². The number of halogens is 1. The summed E-state index contributed by atoms with van der Waals surface area (Å²) in [5, 5.41) is 9.57. The van der Waals surface area contributed by atoms with Crippen LogP contribution in [-0.2, 0) is 0 Å². The zero-order chi connectivity index (χ0) is 13.3. The third kappa shape index (κ3) is 2.15. The van der Waals surface area contributed by atoms with Gasteiger partial charge in [0.05, 0.1) is 0 Å². The number of rotatable bonds is 1. The van der Waals surface area contributed by atoms with Crippen LogP contribution >= 0.6 is 11.6 Å². The summed E-state index contributed by atoms with van der Waals surface area (Å²) in [5.74, 6) is 0. The minimum absolute atomic E-state index is 0.134. The van der Waals surface area contributed by atoms with Crippen molar-refractivity contribution in [2.24, 2.45) is 0 Å². The second kappa shape index (κ2) is 4.67. The molecule has 4 heteroatoms. The summed E-state index contributed by atoms with van der Waals surface area (Å²) >= 11 is 5.92. The predicted octanol–water partition coefficient (Wildman–Crippen LogP) is 2.98. The first-order valence-electron chi connectivity index (χ1n) is 5.43. The van der Waals surface area contributed by atoms with Crippen LogP contribution in [0.3, 0.4) is 0 Å². The van der Waals surface area contributed by atoms with Crippen molar-refractivity contribution in [3.05, 3.63) is 62.5 Å². The van der Waals surface area contributed by atoms with E-state index < -0.39 is 0 Å². The first-order valence-corrected chi connectivity index (χ1v) is 5.80. The predicted molar refractivity (Wildman–Crippen MR) is 71.2 cm³/mol. The Morgan fingerprint density at radius 3 is 2.61 bits per heavy atom. The molecule has 0 saturated carbocycles. The van der Waals surface area contributed by atoms with E-state index in [0.29, 0.717) is 5.02 Å². The van der Waals surface area contributed by atoms with Crippen LogP contribution in [0.5, 0.6) is 0 Å². The Labute approximate surface area is 110 Å². The van der Waals surface area contributed by atoms with E-state index >= 15 is 0 Å². The number of benzene rings is 1.